The topological polar surface area (TPSA) is 71.3 Å². The van der Waals surface area contributed by atoms with E-state index >= 15 is 0 Å². The fourth-order valence-corrected chi connectivity index (χ4v) is 4.55. The van der Waals surface area contributed by atoms with E-state index in [-0.39, 0.29) is 11.8 Å². The van der Waals surface area contributed by atoms with Crippen molar-refractivity contribution in [2.45, 2.75) is 32.7 Å². The first kappa shape index (κ1) is 23.5. The number of rotatable bonds is 7. The minimum Gasteiger partial charge on any atom is -0.334 e. The average Bonchev–Trinajstić information content (AvgIpc) is 3.37. The number of aromatic nitrogens is 2. The van der Waals surface area contributed by atoms with Gasteiger partial charge in [-0.05, 0) is 56.0 Å². The van der Waals surface area contributed by atoms with E-state index in [1.165, 1.54) is 17.7 Å². The minimum absolute atomic E-state index is 0.211. The van der Waals surface area contributed by atoms with Gasteiger partial charge in [-0.15, -0.1) is 0 Å². The van der Waals surface area contributed by atoms with E-state index in [1.54, 1.807) is 17.0 Å². The van der Waals surface area contributed by atoms with Crippen molar-refractivity contribution < 1.29 is 13.7 Å². The van der Waals surface area contributed by atoms with E-state index in [0.717, 1.165) is 35.2 Å². The molecule has 7 heteroatoms. The standard InChI is InChI=1S/C29H27FN4O2/c1-19-8-6-12-23(18-19)27-32-28(36-33-27)25-20(2)34(17-7-11-21-9-4-3-5-10-21)29(35)31-26(25)22-13-15-24(30)16-14-22/h3-6,8-10,12-16,18,26H,7,11,17H2,1-2H3,(H,31,35). The molecule has 6 nitrogen and oxygen atoms in total. The summed E-state index contributed by atoms with van der Waals surface area (Å²) in [5, 5.41) is 7.28. The SMILES string of the molecule is CC1=C(c2nc(-c3cccc(C)c3)no2)C(c2ccc(F)cc2)NC(=O)N1CCCc1ccccc1. The number of carbonyl (C=O) groups is 1. The van der Waals surface area contributed by atoms with Crippen molar-refractivity contribution in [1.82, 2.24) is 20.4 Å². The van der Waals surface area contributed by atoms with Gasteiger partial charge in [0, 0.05) is 17.8 Å². The van der Waals surface area contributed by atoms with Crippen LogP contribution < -0.4 is 5.32 Å². The van der Waals surface area contributed by atoms with Gasteiger partial charge in [0.1, 0.15) is 5.82 Å². The summed E-state index contributed by atoms with van der Waals surface area (Å²) < 4.78 is 19.4. The number of nitrogens with zero attached hydrogens (tertiary/aromatic N) is 3. The van der Waals surface area contributed by atoms with Crippen molar-refractivity contribution >= 4 is 11.6 Å². The summed E-state index contributed by atoms with van der Waals surface area (Å²) in [5.74, 6) is 0.455. The molecule has 1 N–H and O–H groups in total. The highest BCUT2D eigenvalue weighted by Gasteiger charge is 2.35. The van der Waals surface area contributed by atoms with Crippen LogP contribution in [0.1, 0.15) is 42.0 Å². The molecule has 3 aromatic carbocycles. The van der Waals surface area contributed by atoms with Gasteiger partial charge in [0.05, 0.1) is 11.6 Å². The second kappa shape index (κ2) is 10.2. The Morgan fingerprint density at radius 2 is 1.78 bits per heavy atom. The normalized spacial score (nSPS) is 15.8. The lowest BCUT2D eigenvalue weighted by Gasteiger charge is -2.35. The maximum Gasteiger partial charge on any atom is 0.322 e. The number of urea groups is 1. The Morgan fingerprint density at radius 3 is 2.53 bits per heavy atom. The van der Waals surface area contributed by atoms with Crippen molar-refractivity contribution in [2.75, 3.05) is 6.54 Å². The lowest BCUT2D eigenvalue weighted by Crippen LogP contribution is -2.46. The number of hydrogen-bond acceptors (Lipinski definition) is 4. The molecule has 1 unspecified atom stereocenters. The molecule has 1 atom stereocenters. The Hall–Kier alpha value is -4.26. The second-order valence-corrected chi connectivity index (χ2v) is 8.97. The number of amides is 2. The molecule has 1 aliphatic heterocycles. The lowest BCUT2D eigenvalue weighted by atomic mass is 9.94. The monoisotopic (exact) mass is 482 g/mol. The van der Waals surface area contributed by atoms with Gasteiger partial charge in [-0.1, -0.05) is 71.4 Å². The van der Waals surface area contributed by atoms with Gasteiger partial charge in [-0.25, -0.2) is 9.18 Å². The van der Waals surface area contributed by atoms with Crippen LogP contribution in [0, 0.1) is 12.7 Å². The summed E-state index contributed by atoms with van der Waals surface area (Å²) in [7, 11) is 0. The molecule has 0 bridgehead atoms. The maximum absolute atomic E-state index is 13.6. The van der Waals surface area contributed by atoms with Crippen LogP contribution in [-0.4, -0.2) is 27.6 Å². The zero-order valence-electron chi connectivity index (χ0n) is 20.2. The van der Waals surface area contributed by atoms with E-state index in [2.05, 4.69) is 27.6 Å². The Kier molecular flexibility index (Phi) is 6.62. The van der Waals surface area contributed by atoms with Crippen LogP contribution in [0.3, 0.4) is 0 Å². The smallest absolute Gasteiger partial charge is 0.322 e. The van der Waals surface area contributed by atoms with E-state index in [4.69, 9.17) is 4.52 Å². The molecule has 182 valence electrons. The Balaban J connectivity index is 1.49. The van der Waals surface area contributed by atoms with Gasteiger partial charge in [-0.2, -0.15) is 4.98 Å². The molecule has 0 saturated heterocycles. The Morgan fingerprint density at radius 1 is 1.00 bits per heavy atom. The van der Waals surface area contributed by atoms with E-state index in [9.17, 15) is 9.18 Å². The van der Waals surface area contributed by atoms with Gasteiger partial charge >= 0.3 is 6.03 Å². The third kappa shape index (κ3) is 4.91. The largest absolute Gasteiger partial charge is 0.334 e. The maximum atomic E-state index is 13.6. The van der Waals surface area contributed by atoms with Crippen LogP contribution in [0.25, 0.3) is 17.0 Å². The van der Waals surface area contributed by atoms with E-state index in [1.807, 2.05) is 56.3 Å². The molecule has 0 radical (unpaired) electrons. The fraction of sp³-hybridized carbons (Fsp3) is 0.207. The Bertz CT molecular complexity index is 1400. The second-order valence-electron chi connectivity index (χ2n) is 8.97. The summed E-state index contributed by atoms with van der Waals surface area (Å²) in [6.45, 7) is 4.43. The molecule has 0 saturated carbocycles. The van der Waals surface area contributed by atoms with Crippen molar-refractivity contribution in [3.63, 3.8) is 0 Å². The first-order valence-corrected chi connectivity index (χ1v) is 12.0. The third-order valence-electron chi connectivity index (χ3n) is 6.42. The quantitative estimate of drug-likeness (QED) is 0.335. The number of allylic oxidation sites excluding steroid dienone is 1. The summed E-state index contributed by atoms with van der Waals surface area (Å²) >= 11 is 0. The van der Waals surface area contributed by atoms with Crippen LogP contribution in [-0.2, 0) is 6.42 Å². The highest BCUT2D eigenvalue weighted by molar-refractivity contribution is 5.86. The number of halogens is 1. The molecule has 1 aromatic heterocycles. The third-order valence-corrected chi connectivity index (χ3v) is 6.42. The average molecular weight is 483 g/mol. The van der Waals surface area contributed by atoms with Gasteiger partial charge in [0.25, 0.3) is 5.89 Å². The molecule has 2 heterocycles. The van der Waals surface area contributed by atoms with Gasteiger partial charge in [0.2, 0.25) is 5.82 Å². The van der Waals surface area contributed by atoms with Crippen LogP contribution >= 0.6 is 0 Å². The zero-order valence-corrected chi connectivity index (χ0v) is 20.2. The molecule has 0 spiro atoms. The predicted octanol–water partition coefficient (Wildman–Crippen LogP) is 6.31. The predicted molar refractivity (Wildman–Crippen MR) is 136 cm³/mol. The molecule has 0 fully saturated rings. The highest BCUT2D eigenvalue weighted by atomic mass is 19.1. The minimum atomic E-state index is -0.547. The van der Waals surface area contributed by atoms with Crippen molar-refractivity contribution in [2.24, 2.45) is 0 Å². The number of hydrogen-bond donors (Lipinski definition) is 1. The lowest BCUT2D eigenvalue weighted by molar-refractivity contribution is 0.204. The molecule has 5 rings (SSSR count). The molecule has 4 aromatic rings. The first-order chi connectivity index (χ1) is 17.5. The summed E-state index contributed by atoms with van der Waals surface area (Å²) in [6.07, 6.45) is 1.65. The molecule has 0 aliphatic carbocycles. The highest BCUT2D eigenvalue weighted by Crippen LogP contribution is 2.37. The van der Waals surface area contributed by atoms with Crippen molar-refractivity contribution in [1.29, 1.82) is 0 Å². The van der Waals surface area contributed by atoms with Crippen LogP contribution in [0.15, 0.2) is 89.1 Å². The molecule has 1 aliphatic rings. The van der Waals surface area contributed by atoms with Gasteiger partial charge in [0.15, 0.2) is 0 Å². The number of nitrogens with one attached hydrogen (secondary N) is 1. The van der Waals surface area contributed by atoms with Crippen molar-refractivity contribution in [3.8, 4) is 11.4 Å². The van der Waals surface area contributed by atoms with Gasteiger partial charge < -0.3 is 9.84 Å². The molecular formula is C29H27FN4O2. The Labute approximate surface area is 209 Å². The van der Waals surface area contributed by atoms with Gasteiger partial charge in [-0.3, -0.25) is 4.90 Å². The van der Waals surface area contributed by atoms with Crippen LogP contribution in [0.4, 0.5) is 9.18 Å². The zero-order chi connectivity index (χ0) is 25.1. The number of benzene rings is 3. The first-order valence-electron chi connectivity index (χ1n) is 12.0. The van der Waals surface area contributed by atoms with Crippen LogP contribution in [0.2, 0.25) is 0 Å². The fourth-order valence-electron chi connectivity index (χ4n) is 4.55. The van der Waals surface area contributed by atoms with Crippen molar-refractivity contribution in [3.05, 3.63) is 113 Å². The summed E-state index contributed by atoms with van der Waals surface area (Å²) in [5.41, 5.74) is 5.33. The number of carbonyl (C=O) groups excluding carboxylic acids is 1. The molecule has 36 heavy (non-hydrogen) atoms. The summed E-state index contributed by atoms with van der Waals surface area (Å²) in [4.78, 5) is 19.6. The van der Waals surface area contributed by atoms with Crippen LogP contribution in [0.5, 0.6) is 0 Å². The van der Waals surface area contributed by atoms with E-state index < -0.39 is 6.04 Å². The molecular weight excluding hydrogens is 455 g/mol. The molecule has 2 amide bonds. The summed E-state index contributed by atoms with van der Waals surface area (Å²) in [6, 6.07) is 23.4. The van der Waals surface area contributed by atoms with E-state index in [0.29, 0.717) is 23.8 Å². The number of aryl methyl sites for hydroxylation is 2.